The molecule has 0 aromatic carbocycles. The van der Waals surface area contributed by atoms with Crippen molar-refractivity contribution < 1.29 is 9.63 Å². The van der Waals surface area contributed by atoms with Gasteiger partial charge in [-0.2, -0.15) is 0 Å². The Morgan fingerprint density at radius 2 is 2.38 bits per heavy atom. The summed E-state index contributed by atoms with van der Waals surface area (Å²) < 4.78 is 0. The third kappa shape index (κ3) is 2.53. The van der Waals surface area contributed by atoms with Crippen LogP contribution in [-0.4, -0.2) is 41.9 Å². The Bertz CT molecular complexity index is 300. The maximum absolute atomic E-state index is 11.4. The fraction of sp³-hybridized carbons (Fsp3) is 0.727. The third-order valence-corrected chi connectivity index (χ3v) is 3.18. The van der Waals surface area contributed by atoms with Crippen LogP contribution in [0.1, 0.15) is 20.3 Å². The fourth-order valence-corrected chi connectivity index (χ4v) is 2.45. The van der Waals surface area contributed by atoms with E-state index in [-0.39, 0.29) is 30.0 Å². The first-order valence-electron chi connectivity index (χ1n) is 5.34. The summed E-state index contributed by atoms with van der Waals surface area (Å²) in [5.41, 5.74) is 8.75. The Balaban J connectivity index is 2.67. The Morgan fingerprint density at radius 3 is 2.81 bits per heavy atom. The molecule has 5 nitrogen and oxygen atoms in total. The number of nitrogens with zero attached hydrogens (tertiary/aromatic N) is 1. The fourth-order valence-electron chi connectivity index (χ4n) is 2.45. The van der Waals surface area contributed by atoms with Gasteiger partial charge in [-0.1, -0.05) is 6.42 Å². The summed E-state index contributed by atoms with van der Waals surface area (Å²) in [6.45, 7) is 3.52. The minimum Gasteiger partial charge on any atom is -0.356 e. The monoisotopic (exact) mass is 225 g/mol. The molecule has 0 radical (unpaired) electrons. The number of carbonyl (C=O) groups excluding carboxylic acids is 1. The van der Waals surface area contributed by atoms with E-state index >= 15 is 0 Å². The lowest BCUT2D eigenvalue weighted by molar-refractivity contribution is -0.121. The highest BCUT2D eigenvalue weighted by molar-refractivity contribution is 5.82. The van der Waals surface area contributed by atoms with Gasteiger partial charge in [0.05, 0.1) is 12.1 Å². The molecule has 1 aliphatic rings. The van der Waals surface area contributed by atoms with Gasteiger partial charge in [0.15, 0.2) is 0 Å². The van der Waals surface area contributed by atoms with Crippen LogP contribution in [0.5, 0.6) is 0 Å². The van der Waals surface area contributed by atoms with Crippen molar-refractivity contribution in [2.24, 2.45) is 5.73 Å². The molecule has 3 N–H and O–H groups in total. The van der Waals surface area contributed by atoms with Crippen molar-refractivity contribution in [3.05, 3.63) is 0 Å². The first kappa shape index (κ1) is 13.0. The van der Waals surface area contributed by atoms with Crippen LogP contribution in [0.15, 0.2) is 0 Å². The van der Waals surface area contributed by atoms with Crippen molar-refractivity contribution in [1.82, 2.24) is 10.4 Å². The smallest absolute Gasteiger partial charge is 0.146 e. The van der Waals surface area contributed by atoms with Crippen LogP contribution in [0.2, 0.25) is 0 Å². The predicted molar refractivity (Wildman–Crippen MR) is 61.1 cm³/mol. The van der Waals surface area contributed by atoms with Crippen LogP contribution in [-0.2, 0) is 9.63 Å². The molecule has 5 heteroatoms. The molecule has 0 aromatic heterocycles. The Hall–Kier alpha value is -1.09. The molecule has 0 amide bonds. The van der Waals surface area contributed by atoms with Crippen LogP contribution in [0.25, 0.3) is 0 Å². The molecule has 1 saturated heterocycles. The quantitative estimate of drug-likeness (QED) is 0.497. The van der Waals surface area contributed by atoms with E-state index in [4.69, 9.17) is 17.0 Å². The Kier molecular flexibility index (Phi) is 4.30. The molecule has 90 valence electrons. The average molecular weight is 225 g/mol. The van der Waals surface area contributed by atoms with Crippen molar-refractivity contribution in [3.63, 3.8) is 0 Å². The van der Waals surface area contributed by atoms with E-state index in [9.17, 15) is 4.79 Å². The van der Waals surface area contributed by atoms with Crippen LogP contribution in [0.4, 0.5) is 0 Å². The number of hydrogen-bond donors (Lipinski definition) is 2. The van der Waals surface area contributed by atoms with Gasteiger partial charge in [-0.05, 0) is 27.3 Å². The summed E-state index contributed by atoms with van der Waals surface area (Å²) in [4.78, 5) is 18.1. The van der Waals surface area contributed by atoms with Crippen LogP contribution >= 0.6 is 0 Å². The summed E-state index contributed by atoms with van der Waals surface area (Å²) in [5.74, 6) is 0.144. The van der Waals surface area contributed by atoms with Gasteiger partial charge < -0.3 is 10.6 Å². The molecule has 0 aliphatic carbocycles. The maximum Gasteiger partial charge on any atom is 0.146 e. The lowest BCUT2D eigenvalue weighted by atomic mass is 10.0. The van der Waals surface area contributed by atoms with Crippen molar-refractivity contribution in [2.75, 3.05) is 7.05 Å². The van der Waals surface area contributed by atoms with E-state index in [1.54, 1.807) is 6.92 Å². The van der Waals surface area contributed by atoms with E-state index in [1.165, 1.54) is 0 Å². The molecule has 0 aromatic rings. The van der Waals surface area contributed by atoms with Gasteiger partial charge in [-0.3, -0.25) is 9.69 Å². The third-order valence-electron chi connectivity index (χ3n) is 3.18. The Morgan fingerprint density at radius 1 is 1.75 bits per heavy atom. The topological polar surface area (TPSA) is 67.6 Å². The SMILES string of the molecule is C#CONC(C)[C@H]1C(N)C[C@H](C(C)=O)N1C. The van der Waals surface area contributed by atoms with E-state index < -0.39 is 0 Å². The first-order chi connectivity index (χ1) is 7.49. The zero-order valence-electron chi connectivity index (χ0n) is 9.93. The van der Waals surface area contributed by atoms with Gasteiger partial charge in [0.25, 0.3) is 0 Å². The van der Waals surface area contributed by atoms with Crippen molar-refractivity contribution in [2.45, 2.75) is 44.4 Å². The first-order valence-corrected chi connectivity index (χ1v) is 5.34. The lowest BCUT2D eigenvalue weighted by Gasteiger charge is -2.30. The number of nitrogens with two attached hydrogens (primary N) is 1. The minimum absolute atomic E-state index is 0.0274. The zero-order valence-corrected chi connectivity index (χ0v) is 9.93. The summed E-state index contributed by atoms with van der Waals surface area (Å²) >= 11 is 0. The molecule has 0 spiro atoms. The van der Waals surface area contributed by atoms with Gasteiger partial charge in [0.2, 0.25) is 0 Å². The number of ketones is 1. The molecule has 1 heterocycles. The van der Waals surface area contributed by atoms with Crippen molar-refractivity contribution in [3.8, 4) is 12.5 Å². The van der Waals surface area contributed by atoms with Crippen LogP contribution in [0.3, 0.4) is 0 Å². The summed E-state index contributed by atoms with van der Waals surface area (Å²) in [5, 5.41) is 0. The number of Topliss-reactive ketones (excluding diaryl/α,β-unsaturated/α-hetero) is 1. The molecular weight excluding hydrogens is 206 g/mol. The van der Waals surface area contributed by atoms with Gasteiger partial charge in [-0.25, -0.2) is 0 Å². The van der Waals surface area contributed by atoms with Gasteiger partial charge in [0, 0.05) is 12.1 Å². The van der Waals surface area contributed by atoms with Crippen LogP contribution < -0.4 is 11.2 Å². The normalized spacial score (nSPS) is 32.1. The molecule has 1 aliphatic heterocycles. The predicted octanol–water partition coefficient (Wildman–Crippen LogP) is -0.524. The number of likely N-dealkylation sites (N-methyl/N-ethyl adjacent to an activating group) is 1. The number of hydroxylamine groups is 1. The Labute approximate surface area is 96.3 Å². The molecule has 2 unspecified atom stereocenters. The summed E-state index contributed by atoms with van der Waals surface area (Å²) in [6.07, 6.45) is 7.71. The maximum atomic E-state index is 11.4. The molecule has 1 fully saturated rings. The molecular formula is C11H19N3O2. The minimum atomic E-state index is -0.102. The molecule has 4 atom stereocenters. The molecule has 0 bridgehead atoms. The van der Waals surface area contributed by atoms with Crippen molar-refractivity contribution >= 4 is 5.78 Å². The number of nitrogens with one attached hydrogen (secondary N) is 1. The standard InChI is InChI=1S/C11H19N3O2/c1-5-16-13-7(2)11-9(12)6-10(8(3)15)14(11)4/h1,7,9-11,13H,6,12H2,2-4H3/t7?,9?,10-,11+/m1/s1. The highest BCUT2D eigenvalue weighted by atomic mass is 16.6. The van der Waals surface area contributed by atoms with E-state index in [2.05, 4.69) is 5.48 Å². The number of carbonyl (C=O) groups is 1. The second-order valence-electron chi connectivity index (χ2n) is 4.31. The zero-order chi connectivity index (χ0) is 12.3. The van der Waals surface area contributed by atoms with E-state index in [0.717, 1.165) is 0 Å². The second-order valence-corrected chi connectivity index (χ2v) is 4.31. The molecule has 1 rings (SSSR count). The second kappa shape index (κ2) is 5.30. The van der Waals surface area contributed by atoms with E-state index in [1.807, 2.05) is 25.0 Å². The van der Waals surface area contributed by atoms with Gasteiger partial charge in [-0.15, -0.1) is 5.48 Å². The van der Waals surface area contributed by atoms with Gasteiger partial charge in [0.1, 0.15) is 11.9 Å². The molecule has 16 heavy (non-hydrogen) atoms. The lowest BCUT2D eigenvalue weighted by Crippen LogP contribution is -2.52. The number of hydrogen-bond acceptors (Lipinski definition) is 5. The summed E-state index contributed by atoms with van der Waals surface area (Å²) in [6, 6.07) is -0.138. The molecule has 0 saturated carbocycles. The highest BCUT2D eigenvalue weighted by Gasteiger charge is 2.41. The van der Waals surface area contributed by atoms with Crippen molar-refractivity contribution in [1.29, 1.82) is 0 Å². The van der Waals surface area contributed by atoms with Crippen LogP contribution in [0, 0.1) is 12.5 Å². The largest absolute Gasteiger partial charge is 0.356 e. The number of likely N-dealkylation sites (tertiary alicyclic amines) is 1. The average Bonchev–Trinajstić information content (AvgIpc) is 2.51. The number of rotatable bonds is 4. The summed E-state index contributed by atoms with van der Waals surface area (Å²) in [7, 11) is 1.90. The van der Waals surface area contributed by atoms with E-state index in [0.29, 0.717) is 6.42 Å². The highest BCUT2D eigenvalue weighted by Crippen LogP contribution is 2.24. The van der Waals surface area contributed by atoms with Gasteiger partial charge >= 0.3 is 0 Å². The number of terminal acetylenes is 1.